The zero-order valence-electron chi connectivity index (χ0n) is 11.2. The topological polar surface area (TPSA) is 41.1 Å². The van der Waals surface area contributed by atoms with Gasteiger partial charge in [0.2, 0.25) is 5.91 Å². The molecule has 1 heterocycles. The van der Waals surface area contributed by atoms with E-state index in [1.807, 2.05) is 30.3 Å². The molecule has 2 rings (SSSR count). The molecule has 1 atom stereocenters. The SMILES string of the molecule is CC(C)C1(C(=O)NCc2ccccc2)CCNC1. The van der Waals surface area contributed by atoms with E-state index in [9.17, 15) is 4.79 Å². The van der Waals surface area contributed by atoms with Crippen LogP contribution in [0.4, 0.5) is 0 Å². The molecule has 1 aromatic rings. The van der Waals surface area contributed by atoms with Crippen molar-refractivity contribution in [2.45, 2.75) is 26.8 Å². The van der Waals surface area contributed by atoms with Crippen LogP contribution in [-0.2, 0) is 11.3 Å². The van der Waals surface area contributed by atoms with Crippen molar-refractivity contribution in [3.63, 3.8) is 0 Å². The van der Waals surface area contributed by atoms with E-state index in [0.717, 1.165) is 25.1 Å². The molecular weight excluding hydrogens is 224 g/mol. The summed E-state index contributed by atoms with van der Waals surface area (Å²) in [6.45, 7) is 6.63. The molecule has 1 aromatic carbocycles. The van der Waals surface area contributed by atoms with Crippen molar-refractivity contribution in [1.82, 2.24) is 10.6 Å². The molecule has 2 N–H and O–H groups in total. The van der Waals surface area contributed by atoms with E-state index in [1.165, 1.54) is 0 Å². The fourth-order valence-corrected chi connectivity index (χ4v) is 2.61. The van der Waals surface area contributed by atoms with Gasteiger partial charge in [-0.15, -0.1) is 0 Å². The minimum absolute atomic E-state index is 0.186. The van der Waals surface area contributed by atoms with Crippen LogP contribution in [-0.4, -0.2) is 19.0 Å². The van der Waals surface area contributed by atoms with Gasteiger partial charge in [-0.05, 0) is 24.4 Å². The van der Waals surface area contributed by atoms with Gasteiger partial charge in [-0.3, -0.25) is 4.79 Å². The van der Waals surface area contributed by atoms with Gasteiger partial charge in [0.25, 0.3) is 0 Å². The minimum Gasteiger partial charge on any atom is -0.351 e. The first-order valence-corrected chi connectivity index (χ1v) is 6.68. The molecule has 0 bridgehead atoms. The molecule has 1 aliphatic rings. The predicted molar refractivity (Wildman–Crippen MR) is 73.0 cm³/mol. The molecule has 1 saturated heterocycles. The molecule has 0 saturated carbocycles. The minimum atomic E-state index is -0.227. The highest BCUT2D eigenvalue weighted by molar-refractivity contribution is 5.83. The van der Waals surface area contributed by atoms with E-state index in [-0.39, 0.29) is 11.3 Å². The van der Waals surface area contributed by atoms with E-state index in [4.69, 9.17) is 0 Å². The first-order valence-electron chi connectivity index (χ1n) is 6.68. The number of carbonyl (C=O) groups excluding carboxylic acids is 1. The Morgan fingerprint density at radius 2 is 2.11 bits per heavy atom. The maximum Gasteiger partial charge on any atom is 0.228 e. The molecule has 1 fully saturated rings. The molecule has 1 aliphatic heterocycles. The fraction of sp³-hybridized carbons (Fsp3) is 0.533. The molecule has 0 radical (unpaired) electrons. The summed E-state index contributed by atoms with van der Waals surface area (Å²) in [5, 5.41) is 6.40. The van der Waals surface area contributed by atoms with E-state index in [2.05, 4.69) is 24.5 Å². The number of nitrogens with one attached hydrogen (secondary N) is 2. The lowest BCUT2D eigenvalue weighted by Gasteiger charge is -2.31. The molecule has 3 heteroatoms. The molecule has 0 aliphatic carbocycles. The van der Waals surface area contributed by atoms with Crippen LogP contribution in [0.2, 0.25) is 0 Å². The summed E-state index contributed by atoms with van der Waals surface area (Å²) in [4.78, 5) is 12.4. The Morgan fingerprint density at radius 3 is 2.67 bits per heavy atom. The number of hydrogen-bond donors (Lipinski definition) is 2. The number of rotatable bonds is 4. The van der Waals surface area contributed by atoms with Gasteiger partial charge in [0.15, 0.2) is 0 Å². The number of benzene rings is 1. The van der Waals surface area contributed by atoms with Crippen LogP contribution in [0.3, 0.4) is 0 Å². The van der Waals surface area contributed by atoms with Crippen LogP contribution in [0.25, 0.3) is 0 Å². The summed E-state index contributed by atoms with van der Waals surface area (Å²) in [6, 6.07) is 10.1. The van der Waals surface area contributed by atoms with Crippen molar-refractivity contribution in [3.05, 3.63) is 35.9 Å². The second-order valence-electron chi connectivity index (χ2n) is 5.41. The van der Waals surface area contributed by atoms with Gasteiger partial charge in [0.1, 0.15) is 0 Å². The molecule has 3 nitrogen and oxygen atoms in total. The molecular formula is C15H22N2O. The lowest BCUT2D eigenvalue weighted by Crippen LogP contribution is -2.45. The second-order valence-corrected chi connectivity index (χ2v) is 5.41. The standard InChI is InChI=1S/C15H22N2O/c1-12(2)15(8-9-16-11-15)14(18)17-10-13-6-4-3-5-7-13/h3-7,12,16H,8-11H2,1-2H3,(H,17,18). The van der Waals surface area contributed by atoms with Gasteiger partial charge in [-0.2, -0.15) is 0 Å². The number of carbonyl (C=O) groups is 1. The fourth-order valence-electron chi connectivity index (χ4n) is 2.61. The van der Waals surface area contributed by atoms with E-state index >= 15 is 0 Å². The maximum atomic E-state index is 12.4. The highest BCUT2D eigenvalue weighted by Crippen LogP contribution is 2.34. The average molecular weight is 246 g/mol. The highest BCUT2D eigenvalue weighted by atomic mass is 16.2. The molecule has 1 unspecified atom stereocenters. The molecule has 1 amide bonds. The van der Waals surface area contributed by atoms with Crippen molar-refractivity contribution in [1.29, 1.82) is 0 Å². The lowest BCUT2D eigenvalue weighted by molar-refractivity contribution is -0.132. The van der Waals surface area contributed by atoms with Crippen LogP contribution in [0.1, 0.15) is 25.8 Å². The van der Waals surface area contributed by atoms with Gasteiger partial charge < -0.3 is 10.6 Å². The number of amides is 1. The summed E-state index contributed by atoms with van der Waals surface area (Å²) in [5.74, 6) is 0.551. The Balaban J connectivity index is 1.98. The van der Waals surface area contributed by atoms with Crippen LogP contribution in [0.15, 0.2) is 30.3 Å². The van der Waals surface area contributed by atoms with Crippen molar-refractivity contribution in [2.75, 3.05) is 13.1 Å². The van der Waals surface area contributed by atoms with E-state index in [1.54, 1.807) is 0 Å². The Morgan fingerprint density at radius 1 is 1.39 bits per heavy atom. The third-order valence-electron chi connectivity index (χ3n) is 4.04. The predicted octanol–water partition coefficient (Wildman–Crippen LogP) is 1.94. The first kappa shape index (κ1) is 13.1. The monoisotopic (exact) mass is 246 g/mol. The van der Waals surface area contributed by atoms with E-state index in [0.29, 0.717) is 12.5 Å². The molecule has 18 heavy (non-hydrogen) atoms. The normalized spacial score (nSPS) is 23.3. The Kier molecular flexibility index (Phi) is 4.02. The van der Waals surface area contributed by atoms with Gasteiger partial charge in [0.05, 0.1) is 5.41 Å². The summed E-state index contributed by atoms with van der Waals surface area (Å²) in [7, 11) is 0. The summed E-state index contributed by atoms with van der Waals surface area (Å²) >= 11 is 0. The average Bonchev–Trinajstić information content (AvgIpc) is 2.88. The summed E-state index contributed by atoms with van der Waals surface area (Å²) < 4.78 is 0. The van der Waals surface area contributed by atoms with Crippen LogP contribution >= 0.6 is 0 Å². The van der Waals surface area contributed by atoms with Gasteiger partial charge in [-0.25, -0.2) is 0 Å². The molecule has 98 valence electrons. The Labute approximate surface area is 109 Å². The zero-order valence-corrected chi connectivity index (χ0v) is 11.2. The smallest absolute Gasteiger partial charge is 0.228 e. The maximum absolute atomic E-state index is 12.4. The summed E-state index contributed by atoms with van der Waals surface area (Å²) in [6.07, 6.45) is 0.936. The van der Waals surface area contributed by atoms with Crippen molar-refractivity contribution in [2.24, 2.45) is 11.3 Å². The van der Waals surface area contributed by atoms with Gasteiger partial charge in [0, 0.05) is 13.1 Å². The van der Waals surface area contributed by atoms with Crippen LogP contribution in [0.5, 0.6) is 0 Å². The van der Waals surface area contributed by atoms with Crippen LogP contribution in [0, 0.1) is 11.3 Å². The van der Waals surface area contributed by atoms with Crippen molar-refractivity contribution >= 4 is 5.91 Å². The highest BCUT2D eigenvalue weighted by Gasteiger charge is 2.43. The Hall–Kier alpha value is -1.35. The van der Waals surface area contributed by atoms with Crippen molar-refractivity contribution in [3.8, 4) is 0 Å². The first-order chi connectivity index (χ1) is 8.65. The molecule has 0 spiro atoms. The quantitative estimate of drug-likeness (QED) is 0.852. The third kappa shape index (κ3) is 2.56. The Bertz CT molecular complexity index is 394. The van der Waals surface area contributed by atoms with Gasteiger partial charge in [-0.1, -0.05) is 44.2 Å². The zero-order chi connectivity index (χ0) is 13.0. The lowest BCUT2D eigenvalue weighted by atomic mass is 9.75. The summed E-state index contributed by atoms with van der Waals surface area (Å²) in [5.41, 5.74) is 0.921. The third-order valence-corrected chi connectivity index (χ3v) is 4.04. The second kappa shape index (κ2) is 5.53. The largest absolute Gasteiger partial charge is 0.351 e. The molecule has 0 aromatic heterocycles. The number of hydrogen-bond acceptors (Lipinski definition) is 2. The van der Waals surface area contributed by atoms with Crippen molar-refractivity contribution < 1.29 is 4.79 Å². The van der Waals surface area contributed by atoms with Gasteiger partial charge >= 0.3 is 0 Å². The van der Waals surface area contributed by atoms with E-state index < -0.39 is 0 Å². The van der Waals surface area contributed by atoms with Crippen LogP contribution < -0.4 is 10.6 Å².